The minimum Gasteiger partial charge on any atom is -0.756 e. The molecule has 132 heavy (non-hydrogen) atoms. The number of carbonyl (C=O) groups is 4. The van der Waals surface area contributed by atoms with E-state index >= 15 is 0 Å². The maximum Gasteiger partial charge on any atom is 0.403 e. The Balaban J connectivity index is 0.000000183. The van der Waals surface area contributed by atoms with Crippen LogP contribution in [0.1, 0.15) is 120 Å². The van der Waals surface area contributed by atoms with Crippen LogP contribution >= 0.6 is 140 Å². The van der Waals surface area contributed by atoms with Crippen molar-refractivity contribution in [3.05, 3.63) is 222 Å². The molecular formula is C76H92Cl2N12O30P4S8-2. The molecule has 0 spiro atoms. The van der Waals surface area contributed by atoms with E-state index in [4.69, 9.17) is 90.7 Å². The van der Waals surface area contributed by atoms with Crippen LogP contribution in [-0.2, 0) is 65.1 Å². The lowest BCUT2D eigenvalue weighted by atomic mass is 10.2. The van der Waals surface area contributed by atoms with E-state index in [1.807, 2.05) is 64.9 Å². The van der Waals surface area contributed by atoms with Gasteiger partial charge in [0.2, 0.25) is 0 Å². The van der Waals surface area contributed by atoms with Crippen molar-refractivity contribution >= 4 is 187 Å². The topological polar surface area (TPSA) is 574 Å². The van der Waals surface area contributed by atoms with Gasteiger partial charge in [0.25, 0.3) is 27.5 Å². The molecule has 720 valence electrons. The van der Waals surface area contributed by atoms with Crippen LogP contribution in [0.4, 0.5) is 23.3 Å². The van der Waals surface area contributed by atoms with E-state index in [1.165, 1.54) is 98.4 Å². The fraction of sp³-hybridized carbons (Fsp3) is 0.421. The van der Waals surface area contributed by atoms with Crippen LogP contribution in [0.15, 0.2) is 177 Å². The number of aliphatic hydroxyl groups is 2. The van der Waals surface area contributed by atoms with Crippen LogP contribution in [-0.4, -0.2) is 204 Å². The van der Waals surface area contributed by atoms with Gasteiger partial charge in [0.05, 0.1) is 50.8 Å². The molecule has 42 nitrogen and oxygen atoms in total. The molecule has 4 fully saturated rings. The Bertz CT molecular complexity index is 5120. The van der Waals surface area contributed by atoms with E-state index in [0.717, 1.165) is 0 Å². The molecule has 4 saturated heterocycles. The summed E-state index contributed by atoms with van der Waals surface area (Å²) in [5.74, 6) is -0.0400. The molecule has 10 N–H and O–H groups in total. The van der Waals surface area contributed by atoms with Crippen LogP contribution in [0.2, 0.25) is 0 Å². The number of carbonyl (C=O) groups excluding carboxylic acids is 4. The summed E-state index contributed by atoms with van der Waals surface area (Å²) in [4.78, 5) is 150. The van der Waals surface area contributed by atoms with Gasteiger partial charge in [-0.15, -0.1) is 0 Å². The molecule has 10 heterocycles. The van der Waals surface area contributed by atoms with Crippen molar-refractivity contribution in [2.75, 3.05) is 73.6 Å². The maximum atomic E-state index is 12.5. The molecule has 20 atom stereocenters. The van der Waals surface area contributed by atoms with Gasteiger partial charge in [-0.1, -0.05) is 147 Å². The third-order valence-electron chi connectivity index (χ3n) is 18.3. The summed E-state index contributed by atoms with van der Waals surface area (Å²) in [6, 6.07) is 37.0. The van der Waals surface area contributed by atoms with E-state index in [9.17, 15) is 67.5 Å². The van der Waals surface area contributed by atoms with Gasteiger partial charge in [0.15, 0.2) is 0 Å². The molecule has 0 radical (unpaired) electrons. The van der Waals surface area contributed by atoms with Crippen molar-refractivity contribution in [1.29, 1.82) is 0 Å². The number of benzene rings is 4. The smallest absolute Gasteiger partial charge is 0.403 e. The van der Waals surface area contributed by atoms with Gasteiger partial charge in [0, 0.05) is 61.6 Å². The number of phosphoric ester groups is 2. The number of ether oxygens (including phenoxy) is 8. The number of rotatable bonds is 32. The molecular weight excluding hydrogens is 2010 g/mol. The Labute approximate surface area is 798 Å². The molecule has 0 bridgehead atoms. The average molecular weight is 2100 g/mol. The number of nitrogen functional groups attached to an aromatic ring is 2. The number of aliphatic hydroxyl groups excluding tert-OH is 2. The molecule has 2 amide bonds. The molecule has 8 unspecified atom stereocenters. The molecule has 6 aliphatic heterocycles. The van der Waals surface area contributed by atoms with Gasteiger partial charge < -0.3 is 117 Å². The molecule has 56 heteroatoms. The zero-order valence-corrected chi connectivity index (χ0v) is 82.5. The summed E-state index contributed by atoms with van der Waals surface area (Å²) < 4.78 is 102. The second kappa shape index (κ2) is 54.0. The number of amides is 2. The van der Waals surface area contributed by atoms with E-state index in [-0.39, 0.29) is 95.1 Å². The summed E-state index contributed by atoms with van der Waals surface area (Å²) in [6.07, 6.45) is 8.13. The molecule has 0 aliphatic carbocycles. The first-order valence-electron chi connectivity index (χ1n) is 39.1. The number of halogens is 2. The minimum atomic E-state index is -4.89. The Hall–Kier alpha value is -6.46. The minimum absolute atomic E-state index is 0.0724. The lowest BCUT2D eigenvalue weighted by Crippen LogP contribution is -2.31. The number of hydrogen-bond donors (Lipinski definition) is 8. The number of anilines is 4. The highest BCUT2D eigenvalue weighted by atomic mass is 35.7. The van der Waals surface area contributed by atoms with Gasteiger partial charge in [0.1, 0.15) is 117 Å². The number of nitrogens with two attached hydrogens (primary N) is 2. The summed E-state index contributed by atoms with van der Waals surface area (Å²) >= 11 is 11.1. The Morgan fingerprint density at radius 2 is 0.735 bits per heavy atom. The summed E-state index contributed by atoms with van der Waals surface area (Å²) in [5.41, 5.74) is 9.92. The van der Waals surface area contributed by atoms with Gasteiger partial charge >= 0.3 is 50.2 Å². The number of phosphoric acid groups is 2. The molecule has 6 aliphatic rings. The van der Waals surface area contributed by atoms with Crippen LogP contribution in [0.5, 0.6) is 11.5 Å². The highest BCUT2D eigenvalue weighted by Crippen LogP contribution is 2.51. The quantitative estimate of drug-likeness (QED) is 0.0110. The van der Waals surface area contributed by atoms with Crippen LogP contribution in [0.3, 0.4) is 0 Å². The number of aromatic nitrogens is 8. The predicted octanol–water partition coefficient (Wildman–Crippen LogP) is 11.1. The standard InChI is InChI=1S/2C19H23N3O5S2.2C12H20N3O7PS2.2C7H4ClO3P/c2*1-12(29-28-2)26-14-10-17(27-15(14)11-23)22-9-8-16(21-19(22)25)20-18(24)13-6-4-3-5-7-13;2*1-7(25-24-2)21-8-5-11(15-4-3-10(13)14-12(15)16)22-9(8)6-20-23(17,18)19;2*8-12-10-6-4-2-1-3-5(6)7(9)11-12/h2*3-9,12,14-15,17,23H,10-11H2,1-2H3,(H,20,21,24,25);2*3-4,7-9,11H,5-6H2,1-2H3,(H2,13,14,16)(H2,17,18,19);2*1-4H/p-2/t12-,14?,15+,17+;12-,14?,15-,17-;7-,8?,9+,11+;7-,8?,9-,11-;;/m0101../s1. The molecule has 8 aromatic rings. The average Bonchev–Trinajstić information content (AvgIpc) is 1.70. The summed E-state index contributed by atoms with van der Waals surface area (Å²) in [5, 5.41) is 24.4. The van der Waals surface area contributed by atoms with Crippen molar-refractivity contribution in [3.8, 4) is 11.5 Å². The summed E-state index contributed by atoms with van der Waals surface area (Å²) in [7, 11) is -0.638. The van der Waals surface area contributed by atoms with Crippen molar-refractivity contribution in [2.45, 2.75) is 149 Å². The second-order valence-corrected chi connectivity index (χ2v) is 44.2. The van der Waals surface area contributed by atoms with Crippen molar-refractivity contribution in [3.63, 3.8) is 0 Å². The lowest BCUT2D eigenvalue weighted by Gasteiger charge is -2.24. The third-order valence-corrected chi connectivity index (χ3v) is 29.2. The van der Waals surface area contributed by atoms with Gasteiger partial charge in [-0.2, -0.15) is 19.9 Å². The Morgan fingerprint density at radius 1 is 0.455 bits per heavy atom. The van der Waals surface area contributed by atoms with E-state index < -0.39 is 141 Å². The number of hydrogen-bond acceptors (Lipinski definition) is 42. The fourth-order valence-electron chi connectivity index (χ4n) is 12.7. The van der Waals surface area contributed by atoms with E-state index in [1.54, 1.807) is 152 Å². The molecule has 4 aromatic heterocycles. The first-order chi connectivity index (χ1) is 62.9. The number of fused-ring (bicyclic) bond motifs is 2. The fourth-order valence-corrected chi connectivity index (χ4v) is 21.0. The number of para-hydroxylation sites is 2. The number of nitrogens with one attached hydrogen (secondary N) is 2. The summed E-state index contributed by atoms with van der Waals surface area (Å²) in [6.45, 7) is 6.29. The monoisotopic (exact) mass is 2100 g/mol. The van der Waals surface area contributed by atoms with Crippen molar-refractivity contribution in [2.24, 2.45) is 0 Å². The first kappa shape index (κ1) is 109. The Morgan fingerprint density at radius 3 is 1.02 bits per heavy atom. The van der Waals surface area contributed by atoms with Crippen molar-refractivity contribution < 1.29 is 123 Å². The largest absolute Gasteiger partial charge is 0.756 e. The van der Waals surface area contributed by atoms with E-state index in [0.29, 0.717) is 46.6 Å². The normalized spacial score (nSPS) is 23.9. The van der Waals surface area contributed by atoms with Crippen LogP contribution in [0.25, 0.3) is 0 Å². The SMILES string of the molecule is CSS[C@@H](C)OC1C[C@H](n2ccc(N)nc2=O)O[C@@H]1COP(=O)([O-])O.CSS[C@@H](C)OC1C[C@H](n2ccc(NC(=O)c3ccccc3)nc2=O)O[C@@H]1CO.CSS[C@H](C)OC1C[C@H](n2ccc(N)nc2=O)O[C@@H]1COP(=O)([O-])O.CSS[C@H](C)OC1C[C@H](n2ccc(NC(=O)c3ccccc3)nc2=O)O[C@@H]1CO.O=C1OP(Cl)Oc2ccccc21.O=C1OP(Cl)Oc2ccccc21. The maximum absolute atomic E-state index is 12.5. The highest BCUT2D eigenvalue weighted by molar-refractivity contribution is 8.77. The Kier molecular flexibility index (Phi) is 44.7. The highest BCUT2D eigenvalue weighted by Gasteiger charge is 2.43. The molecule has 4 aromatic carbocycles. The first-order valence-corrected chi connectivity index (χ1v) is 56.7. The van der Waals surface area contributed by atoms with Crippen LogP contribution < -0.4 is 63.7 Å². The third kappa shape index (κ3) is 34.6. The van der Waals surface area contributed by atoms with E-state index in [2.05, 4.69) is 48.7 Å². The lowest BCUT2D eigenvalue weighted by molar-refractivity contribution is -0.224. The van der Waals surface area contributed by atoms with Crippen LogP contribution in [0, 0.1) is 0 Å². The zero-order valence-electron chi connectivity index (χ0n) is 70.9. The predicted molar refractivity (Wildman–Crippen MR) is 504 cm³/mol. The van der Waals surface area contributed by atoms with Gasteiger partial charge in [-0.25, -0.2) is 28.8 Å². The molecule has 0 saturated carbocycles. The zero-order chi connectivity index (χ0) is 95.9. The number of nitrogens with zero attached hydrogens (tertiary/aromatic N) is 8. The molecule has 14 rings (SSSR count). The van der Waals surface area contributed by atoms with Crippen molar-refractivity contribution in [1.82, 2.24) is 38.2 Å². The second-order valence-electron chi connectivity index (χ2n) is 27.5. The van der Waals surface area contributed by atoms with Gasteiger partial charge in [-0.05, 0) is 148 Å². The van der Waals surface area contributed by atoms with Gasteiger partial charge in [-0.3, -0.25) is 37.0 Å².